The molecule has 0 aromatic heterocycles. The third-order valence-corrected chi connectivity index (χ3v) is 3.45. The first-order valence-electron chi connectivity index (χ1n) is 6.14. The molecule has 0 unspecified atom stereocenters. The van der Waals surface area contributed by atoms with Gasteiger partial charge in [0.25, 0.3) is 0 Å². The van der Waals surface area contributed by atoms with Crippen molar-refractivity contribution in [3.63, 3.8) is 0 Å². The molecule has 1 aliphatic rings. The van der Waals surface area contributed by atoms with Crippen LogP contribution in [-0.4, -0.2) is 5.78 Å². The van der Waals surface area contributed by atoms with Crippen LogP contribution in [0, 0.1) is 6.92 Å². The second-order valence-corrected chi connectivity index (χ2v) is 4.69. The highest BCUT2D eigenvalue weighted by atomic mass is 16.1. The van der Waals surface area contributed by atoms with E-state index in [1.807, 2.05) is 48.5 Å². The number of carbonyl (C=O) groups is 1. The Morgan fingerprint density at radius 1 is 1.00 bits per heavy atom. The van der Waals surface area contributed by atoms with Gasteiger partial charge in [-0.25, -0.2) is 0 Å². The smallest absolute Gasteiger partial charge is 0.189 e. The molecular formula is C17H14O. The first-order chi connectivity index (χ1) is 8.75. The fourth-order valence-corrected chi connectivity index (χ4v) is 2.46. The Labute approximate surface area is 107 Å². The minimum atomic E-state index is 0.178. The average Bonchev–Trinajstić information content (AvgIpc) is 2.70. The maximum absolute atomic E-state index is 12.3. The fourth-order valence-electron chi connectivity index (χ4n) is 2.46. The van der Waals surface area contributed by atoms with Gasteiger partial charge >= 0.3 is 0 Å². The Balaban J connectivity index is 2.03. The van der Waals surface area contributed by atoms with Gasteiger partial charge in [0.2, 0.25) is 0 Å². The molecule has 1 aliphatic carbocycles. The van der Waals surface area contributed by atoms with E-state index in [4.69, 9.17) is 0 Å². The number of benzene rings is 2. The summed E-state index contributed by atoms with van der Waals surface area (Å²) in [7, 11) is 0. The Kier molecular flexibility index (Phi) is 2.60. The third-order valence-electron chi connectivity index (χ3n) is 3.45. The lowest BCUT2D eigenvalue weighted by molar-refractivity contribution is 0.104. The first kappa shape index (κ1) is 11.0. The van der Waals surface area contributed by atoms with Crippen molar-refractivity contribution < 1.29 is 4.79 Å². The maximum Gasteiger partial charge on any atom is 0.189 e. The number of Topliss-reactive ketones (excluding diaryl/α,β-unsaturated/α-hetero) is 1. The molecule has 1 heteroatoms. The molecule has 2 aromatic carbocycles. The molecule has 0 fully saturated rings. The highest BCUT2D eigenvalue weighted by molar-refractivity contribution is 6.15. The topological polar surface area (TPSA) is 17.1 Å². The van der Waals surface area contributed by atoms with Crippen LogP contribution in [0.2, 0.25) is 0 Å². The van der Waals surface area contributed by atoms with Crippen molar-refractivity contribution in [2.75, 3.05) is 0 Å². The first-order valence-corrected chi connectivity index (χ1v) is 6.14. The molecule has 0 radical (unpaired) electrons. The molecule has 0 spiro atoms. The van der Waals surface area contributed by atoms with E-state index >= 15 is 0 Å². The fraction of sp³-hybridized carbons (Fsp3) is 0.118. The summed E-state index contributed by atoms with van der Waals surface area (Å²) < 4.78 is 0. The molecule has 0 amide bonds. The number of ketones is 1. The largest absolute Gasteiger partial charge is 0.289 e. The van der Waals surface area contributed by atoms with E-state index in [1.165, 1.54) is 11.1 Å². The molecule has 1 nitrogen and oxygen atoms in total. The number of allylic oxidation sites excluding steroid dienone is 1. The van der Waals surface area contributed by atoms with Crippen LogP contribution in [0.15, 0.2) is 54.1 Å². The van der Waals surface area contributed by atoms with Gasteiger partial charge in [0.1, 0.15) is 0 Å². The van der Waals surface area contributed by atoms with Crippen molar-refractivity contribution in [1.29, 1.82) is 0 Å². The lowest BCUT2D eigenvalue weighted by Crippen LogP contribution is -1.95. The zero-order valence-electron chi connectivity index (χ0n) is 10.3. The maximum atomic E-state index is 12.3. The number of hydrogen-bond donors (Lipinski definition) is 0. The van der Waals surface area contributed by atoms with E-state index in [1.54, 1.807) is 0 Å². The van der Waals surface area contributed by atoms with Gasteiger partial charge in [-0.1, -0.05) is 48.5 Å². The van der Waals surface area contributed by atoms with E-state index in [-0.39, 0.29) is 5.78 Å². The average molecular weight is 234 g/mol. The lowest BCUT2D eigenvalue weighted by atomic mass is 10.0. The minimum Gasteiger partial charge on any atom is -0.289 e. The molecule has 2 aromatic rings. The Hall–Kier alpha value is -2.15. The molecule has 0 heterocycles. The third kappa shape index (κ3) is 1.78. The molecular weight excluding hydrogens is 220 g/mol. The van der Waals surface area contributed by atoms with Crippen LogP contribution in [0.4, 0.5) is 0 Å². The predicted octanol–water partition coefficient (Wildman–Crippen LogP) is 3.82. The van der Waals surface area contributed by atoms with Crippen molar-refractivity contribution in [3.8, 4) is 0 Å². The number of rotatable bonds is 1. The van der Waals surface area contributed by atoms with Gasteiger partial charge in [0, 0.05) is 17.6 Å². The molecule has 0 saturated heterocycles. The van der Waals surface area contributed by atoms with Gasteiger partial charge in [-0.2, -0.15) is 0 Å². The molecule has 0 atom stereocenters. The van der Waals surface area contributed by atoms with Crippen LogP contribution in [0.1, 0.15) is 27.0 Å². The summed E-state index contributed by atoms with van der Waals surface area (Å²) in [5.41, 5.74) is 5.25. The molecule has 0 aliphatic heterocycles. The van der Waals surface area contributed by atoms with Gasteiger partial charge in [0.15, 0.2) is 5.78 Å². The highest BCUT2D eigenvalue weighted by Crippen LogP contribution is 2.29. The summed E-state index contributed by atoms with van der Waals surface area (Å²) in [4.78, 5) is 12.3. The number of aryl methyl sites for hydroxylation is 1. The van der Waals surface area contributed by atoms with E-state index in [0.29, 0.717) is 0 Å². The molecule has 0 bridgehead atoms. The molecule has 0 N–H and O–H groups in total. The van der Waals surface area contributed by atoms with Gasteiger partial charge in [-0.05, 0) is 29.7 Å². The SMILES string of the molecule is Cc1cccc2c1C/C(=C\c1ccccc1)C2=O. The Morgan fingerprint density at radius 2 is 1.78 bits per heavy atom. The summed E-state index contributed by atoms with van der Waals surface area (Å²) in [6.45, 7) is 2.07. The Bertz CT molecular complexity index is 636. The second-order valence-electron chi connectivity index (χ2n) is 4.69. The van der Waals surface area contributed by atoms with E-state index in [2.05, 4.69) is 13.0 Å². The highest BCUT2D eigenvalue weighted by Gasteiger charge is 2.25. The monoisotopic (exact) mass is 234 g/mol. The number of carbonyl (C=O) groups excluding carboxylic acids is 1. The van der Waals surface area contributed by atoms with Crippen molar-refractivity contribution in [3.05, 3.63) is 76.4 Å². The Morgan fingerprint density at radius 3 is 2.50 bits per heavy atom. The van der Waals surface area contributed by atoms with Gasteiger partial charge in [-0.15, -0.1) is 0 Å². The van der Waals surface area contributed by atoms with Crippen LogP contribution in [-0.2, 0) is 6.42 Å². The standard InChI is InChI=1S/C17H14O/c1-12-6-5-9-15-16(12)11-14(17(15)18)10-13-7-3-2-4-8-13/h2-10H,11H2,1H3/b14-10+. The van der Waals surface area contributed by atoms with E-state index in [0.717, 1.165) is 23.1 Å². The summed E-state index contributed by atoms with van der Waals surface area (Å²) >= 11 is 0. The quantitative estimate of drug-likeness (QED) is 0.685. The van der Waals surface area contributed by atoms with Crippen molar-refractivity contribution in [2.45, 2.75) is 13.3 Å². The summed E-state index contributed by atoms with van der Waals surface area (Å²) in [5.74, 6) is 0.178. The number of hydrogen-bond acceptors (Lipinski definition) is 1. The summed E-state index contributed by atoms with van der Waals surface area (Å²) in [6.07, 6.45) is 2.76. The van der Waals surface area contributed by atoms with Crippen LogP contribution in [0.5, 0.6) is 0 Å². The van der Waals surface area contributed by atoms with Crippen molar-refractivity contribution in [1.82, 2.24) is 0 Å². The van der Waals surface area contributed by atoms with E-state index in [9.17, 15) is 4.79 Å². The normalized spacial score (nSPS) is 16.1. The zero-order chi connectivity index (χ0) is 12.5. The lowest BCUT2D eigenvalue weighted by Gasteiger charge is -1.99. The number of fused-ring (bicyclic) bond motifs is 1. The summed E-state index contributed by atoms with van der Waals surface area (Å²) in [5, 5.41) is 0. The zero-order valence-corrected chi connectivity index (χ0v) is 10.3. The predicted molar refractivity (Wildman–Crippen MR) is 73.6 cm³/mol. The summed E-state index contributed by atoms with van der Waals surface area (Å²) in [6, 6.07) is 16.0. The van der Waals surface area contributed by atoms with Crippen LogP contribution >= 0.6 is 0 Å². The van der Waals surface area contributed by atoms with Gasteiger partial charge in [0.05, 0.1) is 0 Å². The van der Waals surface area contributed by atoms with Gasteiger partial charge < -0.3 is 0 Å². The van der Waals surface area contributed by atoms with Gasteiger partial charge in [-0.3, -0.25) is 4.79 Å². The molecule has 0 saturated carbocycles. The van der Waals surface area contributed by atoms with Crippen LogP contribution < -0.4 is 0 Å². The second kappa shape index (κ2) is 4.26. The minimum absolute atomic E-state index is 0.178. The molecule has 18 heavy (non-hydrogen) atoms. The van der Waals surface area contributed by atoms with Crippen molar-refractivity contribution in [2.24, 2.45) is 0 Å². The van der Waals surface area contributed by atoms with Crippen LogP contribution in [0.3, 0.4) is 0 Å². The van der Waals surface area contributed by atoms with E-state index < -0.39 is 0 Å². The molecule has 3 rings (SSSR count). The molecule has 88 valence electrons. The van der Waals surface area contributed by atoms with Crippen LogP contribution in [0.25, 0.3) is 6.08 Å². The van der Waals surface area contributed by atoms with Crippen molar-refractivity contribution >= 4 is 11.9 Å².